The predicted molar refractivity (Wildman–Crippen MR) is 110 cm³/mol. The molecule has 1 heterocycles. The highest BCUT2D eigenvalue weighted by molar-refractivity contribution is 5.90. The fourth-order valence-electron chi connectivity index (χ4n) is 2.74. The van der Waals surface area contributed by atoms with Crippen molar-refractivity contribution in [3.8, 4) is 17.6 Å². The van der Waals surface area contributed by atoms with E-state index in [1.807, 2.05) is 25.1 Å². The summed E-state index contributed by atoms with van der Waals surface area (Å²) in [7, 11) is 1.48. The number of aromatic nitrogens is 2. The first kappa shape index (κ1) is 20.7. The third kappa shape index (κ3) is 4.52. The van der Waals surface area contributed by atoms with Gasteiger partial charge >= 0.3 is 5.97 Å². The number of aromatic amines is 1. The third-order valence-electron chi connectivity index (χ3n) is 4.23. The molecule has 0 unspecified atom stereocenters. The van der Waals surface area contributed by atoms with E-state index in [1.54, 1.807) is 24.3 Å². The number of hydrogen-bond acceptors (Lipinski definition) is 7. The number of nitriles is 1. The van der Waals surface area contributed by atoms with E-state index in [0.717, 1.165) is 11.9 Å². The number of nitrogens with one attached hydrogen (secondary N) is 1. The Kier molecular flexibility index (Phi) is 6.55. The Morgan fingerprint density at radius 3 is 2.73 bits per heavy atom. The zero-order chi connectivity index (χ0) is 21.5. The monoisotopic (exact) mass is 407 g/mol. The van der Waals surface area contributed by atoms with Gasteiger partial charge in [0.25, 0.3) is 0 Å². The average molecular weight is 407 g/mol. The number of carbonyl (C=O) groups excluding carboxylic acids is 1. The van der Waals surface area contributed by atoms with Gasteiger partial charge in [-0.3, -0.25) is 0 Å². The van der Waals surface area contributed by atoms with Crippen LogP contribution >= 0.6 is 0 Å². The van der Waals surface area contributed by atoms with Gasteiger partial charge in [-0.25, -0.2) is 9.78 Å². The largest absolute Gasteiger partial charge is 0.507 e. The van der Waals surface area contributed by atoms with E-state index >= 15 is 0 Å². The number of methoxy groups -OCH3 is 1. The van der Waals surface area contributed by atoms with Gasteiger partial charge in [0.2, 0.25) is 0 Å². The molecule has 0 fully saturated rings. The Morgan fingerprint density at radius 1 is 1.23 bits per heavy atom. The summed E-state index contributed by atoms with van der Waals surface area (Å²) < 4.78 is 16.0. The maximum absolute atomic E-state index is 12.4. The lowest BCUT2D eigenvalue weighted by Crippen LogP contribution is -2.10. The number of rotatable bonds is 8. The van der Waals surface area contributed by atoms with Gasteiger partial charge in [0.1, 0.15) is 18.2 Å². The SMILES string of the molecule is CCCOc1ccc(C(=O)OC/C(O)=C(\C#N)c2nc3ccccc3[nH]2)cc1OC. The van der Waals surface area contributed by atoms with Crippen molar-refractivity contribution in [2.24, 2.45) is 0 Å². The second-order valence-corrected chi connectivity index (χ2v) is 6.33. The van der Waals surface area contributed by atoms with Gasteiger partial charge in [0.15, 0.2) is 23.1 Å². The molecule has 0 spiro atoms. The summed E-state index contributed by atoms with van der Waals surface area (Å²) in [4.78, 5) is 19.6. The fraction of sp³-hybridized carbons (Fsp3) is 0.227. The van der Waals surface area contributed by atoms with Gasteiger partial charge in [0, 0.05) is 0 Å². The van der Waals surface area contributed by atoms with E-state index in [4.69, 9.17) is 14.2 Å². The Bertz CT molecular complexity index is 1090. The Labute approximate surface area is 173 Å². The summed E-state index contributed by atoms with van der Waals surface area (Å²) in [6.45, 7) is 2.03. The van der Waals surface area contributed by atoms with Gasteiger partial charge in [-0.1, -0.05) is 19.1 Å². The summed E-state index contributed by atoms with van der Waals surface area (Å²) in [6, 6.07) is 13.8. The zero-order valence-electron chi connectivity index (χ0n) is 16.6. The molecule has 3 rings (SSSR count). The number of H-pyrrole nitrogens is 1. The highest BCUT2D eigenvalue weighted by Gasteiger charge is 2.17. The average Bonchev–Trinajstić information content (AvgIpc) is 3.20. The number of aliphatic hydroxyl groups is 1. The number of ether oxygens (including phenoxy) is 3. The van der Waals surface area contributed by atoms with Gasteiger partial charge in [-0.15, -0.1) is 0 Å². The molecule has 0 bridgehead atoms. The van der Waals surface area contributed by atoms with E-state index in [1.165, 1.54) is 13.2 Å². The minimum absolute atomic E-state index is 0.0973. The highest BCUT2D eigenvalue weighted by Crippen LogP contribution is 2.28. The number of allylic oxidation sites excluding steroid dienone is 1. The first-order valence-corrected chi connectivity index (χ1v) is 9.32. The normalized spacial score (nSPS) is 11.5. The molecule has 0 atom stereocenters. The van der Waals surface area contributed by atoms with Gasteiger partial charge in [0.05, 0.1) is 30.3 Å². The molecule has 0 aliphatic carbocycles. The summed E-state index contributed by atoms with van der Waals surface area (Å²) >= 11 is 0. The molecule has 3 aromatic rings. The van der Waals surface area contributed by atoms with Crippen molar-refractivity contribution < 1.29 is 24.1 Å². The summed E-state index contributed by atoms with van der Waals surface area (Å²) in [5, 5.41) is 19.7. The third-order valence-corrected chi connectivity index (χ3v) is 4.23. The Hall–Kier alpha value is -3.99. The Balaban J connectivity index is 1.74. The summed E-state index contributed by atoms with van der Waals surface area (Å²) in [5.41, 5.74) is 1.51. The fourth-order valence-corrected chi connectivity index (χ4v) is 2.74. The van der Waals surface area contributed by atoms with Crippen LogP contribution in [0.5, 0.6) is 11.5 Å². The standard InChI is InChI=1S/C22H21N3O5/c1-3-10-29-19-9-8-14(11-20(19)28-2)22(27)30-13-18(26)15(12-23)21-24-16-6-4-5-7-17(16)25-21/h4-9,11,26H,3,10,13H2,1-2H3,(H,24,25)/b18-15-. The quantitative estimate of drug-likeness (QED) is 0.329. The summed E-state index contributed by atoms with van der Waals surface area (Å²) in [5.74, 6) is 0.0443. The molecule has 0 aliphatic heterocycles. The lowest BCUT2D eigenvalue weighted by atomic mass is 10.2. The summed E-state index contributed by atoms with van der Waals surface area (Å²) in [6.07, 6.45) is 0.838. The maximum atomic E-state index is 12.4. The van der Waals surface area contributed by atoms with E-state index in [9.17, 15) is 15.2 Å². The first-order valence-electron chi connectivity index (χ1n) is 9.32. The predicted octanol–water partition coefficient (Wildman–Crippen LogP) is 4.01. The molecule has 0 aliphatic rings. The van der Waals surface area contributed by atoms with Crippen molar-refractivity contribution in [2.45, 2.75) is 13.3 Å². The minimum atomic E-state index is -0.677. The number of carbonyl (C=O) groups is 1. The van der Waals surface area contributed by atoms with Crippen LogP contribution in [0.15, 0.2) is 48.2 Å². The highest BCUT2D eigenvalue weighted by atomic mass is 16.5. The van der Waals surface area contributed by atoms with Gasteiger partial charge in [-0.05, 0) is 36.8 Å². The van der Waals surface area contributed by atoms with Crippen molar-refractivity contribution in [3.05, 3.63) is 59.6 Å². The van der Waals surface area contributed by atoms with Crippen LogP contribution in [0, 0.1) is 11.3 Å². The number of imidazole rings is 1. The molecule has 8 nitrogen and oxygen atoms in total. The van der Waals surface area contributed by atoms with Crippen LogP contribution in [-0.4, -0.2) is 41.4 Å². The number of fused-ring (bicyclic) bond motifs is 1. The Morgan fingerprint density at radius 2 is 2.03 bits per heavy atom. The molecule has 2 N–H and O–H groups in total. The molecular formula is C22H21N3O5. The van der Waals surface area contributed by atoms with Crippen molar-refractivity contribution in [1.29, 1.82) is 5.26 Å². The maximum Gasteiger partial charge on any atom is 0.338 e. The van der Waals surface area contributed by atoms with Crippen LogP contribution in [0.2, 0.25) is 0 Å². The second kappa shape index (κ2) is 9.47. The molecule has 0 amide bonds. The second-order valence-electron chi connectivity index (χ2n) is 6.33. The number of nitrogens with zero attached hydrogens (tertiary/aromatic N) is 2. The number of esters is 1. The van der Waals surface area contributed by atoms with Crippen molar-refractivity contribution in [3.63, 3.8) is 0 Å². The van der Waals surface area contributed by atoms with Crippen LogP contribution in [0.4, 0.5) is 0 Å². The molecule has 0 saturated carbocycles. The first-order chi connectivity index (χ1) is 14.6. The molecular weight excluding hydrogens is 386 g/mol. The van der Waals surface area contributed by atoms with Crippen LogP contribution in [0.1, 0.15) is 29.5 Å². The number of hydrogen-bond donors (Lipinski definition) is 2. The van der Waals surface area contributed by atoms with Crippen LogP contribution in [-0.2, 0) is 4.74 Å². The zero-order valence-corrected chi connectivity index (χ0v) is 16.6. The van der Waals surface area contributed by atoms with E-state index in [0.29, 0.717) is 23.6 Å². The lowest BCUT2D eigenvalue weighted by molar-refractivity contribution is 0.0502. The molecule has 30 heavy (non-hydrogen) atoms. The van der Waals surface area contributed by atoms with E-state index in [-0.39, 0.29) is 17.0 Å². The van der Waals surface area contributed by atoms with E-state index in [2.05, 4.69) is 9.97 Å². The number of para-hydroxylation sites is 2. The van der Waals surface area contributed by atoms with Crippen molar-refractivity contribution in [1.82, 2.24) is 9.97 Å². The van der Waals surface area contributed by atoms with Crippen LogP contribution in [0.3, 0.4) is 0 Å². The van der Waals surface area contributed by atoms with Crippen molar-refractivity contribution in [2.75, 3.05) is 20.3 Å². The molecule has 0 radical (unpaired) electrons. The molecule has 1 aromatic heterocycles. The lowest BCUT2D eigenvalue weighted by Gasteiger charge is -2.11. The number of benzene rings is 2. The smallest absolute Gasteiger partial charge is 0.338 e. The number of aliphatic hydroxyl groups excluding tert-OH is 1. The van der Waals surface area contributed by atoms with Crippen LogP contribution in [0.25, 0.3) is 16.6 Å². The topological polar surface area (TPSA) is 117 Å². The molecule has 2 aromatic carbocycles. The van der Waals surface area contributed by atoms with Crippen molar-refractivity contribution >= 4 is 22.6 Å². The molecule has 154 valence electrons. The van der Waals surface area contributed by atoms with Gasteiger partial charge < -0.3 is 24.3 Å². The minimum Gasteiger partial charge on any atom is -0.507 e. The molecule has 8 heteroatoms. The van der Waals surface area contributed by atoms with Crippen LogP contribution < -0.4 is 9.47 Å². The molecule has 0 saturated heterocycles. The van der Waals surface area contributed by atoms with Gasteiger partial charge in [-0.2, -0.15) is 5.26 Å². The van der Waals surface area contributed by atoms with E-state index < -0.39 is 18.3 Å².